The molecule has 0 aliphatic rings. The van der Waals surface area contributed by atoms with Gasteiger partial charge >= 0.3 is 0 Å². The molecule has 1 aromatic rings. The predicted octanol–water partition coefficient (Wildman–Crippen LogP) is 1.43. The molecule has 0 spiro atoms. The SMILES string of the molecule is CN(CC(=O)Nc1cccc(F)c1)CC(C)(C)N. The molecule has 0 aromatic heterocycles. The van der Waals surface area contributed by atoms with Crippen LogP contribution in [0, 0.1) is 5.82 Å². The fourth-order valence-electron chi connectivity index (χ4n) is 1.76. The van der Waals surface area contributed by atoms with Gasteiger partial charge in [0.1, 0.15) is 5.82 Å². The van der Waals surface area contributed by atoms with Crippen molar-refractivity contribution >= 4 is 11.6 Å². The number of amides is 1. The van der Waals surface area contributed by atoms with Crippen LogP contribution in [0.25, 0.3) is 0 Å². The van der Waals surface area contributed by atoms with E-state index in [1.165, 1.54) is 12.1 Å². The van der Waals surface area contributed by atoms with E-state index in [2.05, 4.69) is 5.32 Å². The zero-order valence-corrected chi connectivity index (χ0v) is 11.0. The fraction of sp³-hybridized carbons (Fsp3) is 0.462. The van der Waals surface area contributed by atoms with Gasteiger partial charge in [-0.1, -0.05) is 6.07 Å². The molecule has 0 fully saturated rings. The molecule has 0 aliphatic heterocycles. The molecule has 0 saturated heterocycles. The molecule has 0 atom stereocenters. The molecule has 1 rings (SSSR count). The minimum absolute atomic E-state index is 0.188. The van der Waals surface area contributed by atoms with Crippen LogP contribution < -0.4 is 11.1 Å². The number of halogens is 1. The average molecular weight is 253 g/mol. The summed E-state index contributed by atoms with van der Waals surface area (Å²) in [5, 5.41) is 2.64. The van der Waals surface area contributed by atoms with Crippen molar-refractivity contribution < 1.29 is 9.18 Å². The first-order valence-corrected chi connectivity index (χ1v) is 5.79. The molecule has 0 unspecified atom stereocenters. The molecular weight excluding hydrogens is 233 g/mol. The van der Waals surface area contributed by atoms with E-state index in [4.69, 9.17) is 5.73 Å². The second-order valence-corrected chi connectivity index (χ2v) is 5.22. The molecule has 4 nitrogen and oxygen atoms in total. The van der Waals surface area contributed by atoms with E-state index in [-0.39, 0.29) is 23.8 Å². The van der Waals surface area contributed by atoms with Gasteiger partial charge < -0.3 is 11.1 Å². The highest BCUT2D eigenvalue weighted by atomic mass is 19.1. The maximum atomic E-state index is 12.9. The Kier molecular flexibility index (Phi) is 4.81. The van der Waals surface area contributed by atoms with Crippen LogP contribution in [0.5, 0.6) is 0 Å². The first-order valence-electron chi connectivity index (χ1n) is 5.79. The normalized spacial score (nSPS) is 11.7. The average Bonchev–Trinajstić information content (AvgIpc) is 2.13. The molecule has 0 aliphatic carbocycles. The standard InChI is InChI=1S/C13H20FN3O/c1-13(2,15)9-17(3)8-12(18)16-11-6-4-5-10(14)7-11/h4-7H,8-9,15H2,1-3H3,(H,16,18). The third-order valence-corrected chi connectivity index (χ3v) is 2.20. The van der Waals surface area contributed by atoms with Crippen LogP contribution in [0.2, 0.25) is 0 Å². The number of hydrogen-bond acceptors (Lipinski definition) is 3. The highest BCUT2D eigenvalue weighted by molar-refractivity contribution is 5.92. The van der Waals surface area contributed by atoms with E-state index in [1.54, 1.807) is 12.1 Å². The molecule has 3 N–H and O–H groups in total. The summed E-state index contributed by atoms with van der Waals surface area (Å²) >= 11 is 0. The Morgan fingerprint density at radius 1 is 1.50 bits per heavy atom. The number of nitrogens with one attached hydrogen (secondary N) is 1. The number of benzene rings is 1. The lowest BCUT2D eigenvalue weighted by Crippen LogP contribution is -2.45. The van der Waals surface area contributed by atoms with E-state index in [0.29, 0.717) is 12.2 Å². The smallest absolute Gasteiger partial charge is 0.238 e. The van der Waals surface area contributed by atoms with Gasteiger partial charge in [-0.25, -0.2) is 4.39 Å². The second kappa shape index (κ2) is 5.93. The van der Waals surface area contributed by atoms with Crippen molar-refractivity contribution in [2.75, 3.05) is 25.5 Å². The van der Waals surface area contributed by atoms with Crippen LogP contribution in [0.3, 0.4) is 0 Å². The van der Waals surface area contributed by atoms with E-state index in [0.717, 1.165) is 0 Å². The summed E-state index contributed by atoms with van der Waals surface area (Å²) in [6, 6.07) is 5.81. The van der Waals surface area contributed by atoms with Crippen LogP contribution in [0.1, 0.15) is 13.8 Å². The number of hydrogen-bond donors (Lipinski definition) is 2. The van der Waals surface area contributed by atoms with Crippen LogP contribution in [-0.2, 0) is 4.79 Å². The van der Waals surface area contributed by atoms with Gasteiger partial charge in [0.25, 0.3) is 0 Å². The largest absolute Gasteiger partial charge is 0.325 e. The fourth-order valence-corrected chi connectivity index (χ4v) is 1.76. The van der Waals surface area contributed by atoms with Crippen LogP contribution in [0.4, 0.5) is 10.1 Å². The molecule has 0 radical (unpaired) electrons. The zero-order chi connectivity index (χ0) is 13.8. The summed E-state index contributed by atoms with van der Waals surface area (Å²) in [5.41, 5.74) is 5.97. The number of anilines is 1. The number of likely N-dealkylation sites (N-methyl/N-ethyl adjacent to an activating group) is 1. The predicted molar refractivity (Wildman–Crippen MR) is 70.8 cm³/mol. The molecule has 1 amide bonds. The lowest BCUT2D eigenvalue weighted by molar-refractivity contribution is -0.117. The Balaban J connectivity index is 2.47. The van der Waals surface area contributed by atoms with Gasteiger partial charge in [-0.3, -0.25) is 9.69 Å². The minimum atomic E-state index is -0.371. The van der Waals surface area contributed by atoms with Gasteiger partial charge in [-0.15, -0.1) is 0 Å². The maximum absolute atomic E-state index is 12.9. The van der Waals surface area contributed by atoms with E-state index in [1.807, 2.05) is 25.8 Å². The molecule has 18 heavy (non-hydrogen) atoms. The third kappa shape index (κ3) is 5.75. The van der Waals surface area contributed by atoms with Gasteiger partial charge in [0.15, 0.2) is 0 Å². The molecular formula is C13H20FN3O. The summed E-state index contributed by atoms with van der Waals surface area (Å²) in [6.07, 6.45) is 0. The Labute approximate surface area is 107 Å². The molecule has 1 aromatic carbocycles. The summed E-state index contributed by atoms with van der Waals surface area (Å²) in [6.45, 7) is 4.61. The van der Waals surface area contributed by atoms with Gasteiger partial charge in [-0.05, 0) is 39.1 Å². The second-order valence-electron chi connectivity index (χ2n) is 5.22. The number of nitrogens with two attached hydrogens (primary N) is 1. The third-order valence-electron chi connectivity index (χ3n) is 2.20. The minimum Gasteiger partial charge on any atom is -0.325 e. The highest BCUT2D eigenvalue weighted by Gasteiger charge is 2.15. The monoisotopic (exact) mass is 253 g/mol. The van der Waals surface area contributed by atoms with Crippen molar-refractivity contribution in [1.82, 2.24) is 4.90 Å². The lowest BCUT2D eigenvalue weighted by atomic mass is 10.1. The number of rotatable bonds is 5. The summed E-state index contributed by atoms with van der Waals surface area (Å²) < 4.78 is 12.9. The maximum Gasteiger partial charge on any atom is 0.238 e. The topological polar surface area (TPSA) is 58.4 Å². The van der Waals surface area contributed by atoms with Crippen LogP contribution in [-0.4, -0.2) is 36.5 Å². The highest BCUT2D eigenvalue weighted by Crippen LogP contribution is 2.09. The van der Waals surface area contributed by atoms with Crippen molar-refractivity contribution in [3.63, 3.8) is 0 Å². The first-order chi connectivity index (χ1) is 8.26. The summed E-state index contributed by atoms with van der Waals surface area (Å²) in [5.74, 6) is -0.559. The van der Waals surface area contributed by atoms with Gasteiger partial charge in [-0.2, -0.15) is 0 Å². The quantitative estimate of drug-likeness (QED) is 0.834. The molecule has 5 heteroatoms. The Hall–Kier alpha value is -1.46. The van der Waals surface area contributed by atoms with Crippen molar-refractivity contribution in [1.29, 1.82) is 0 Å². The van der Waals surface area contributed by atoms with Gasteiger partial charge in [0, 0.05) is 17.8 Å². The first kappa shape index (κ1) is 14.6. The number of nitrogens with zero attached hydrogens (tertiary/aromatic N) is 1. The van der Waals surface area contributed by atoms with E-state index < -0.39 is 0 Å². The van der Waals surface area contributed by atoms with E-state index in [9.17, 15) is 9.18 Å². The molecule has 0 saturated carbocycles. The Morgan fingerprint density at radius 3 is 2.72 bits per heavy atom. The van der Waals surface area contributed by atoms with Crippen molar-refractivity contribution in [3.05, 3.63) is 30.1 Å². The molecule has 0 heterocycles. The van der Waals surface area contributed by atoms with Crippen molar-refractivity contribution in [2.45, 2.75) is 19.4 Å². The van der Waals surface area contributed by atoms with Gasteiger partial charge in [0.2, 0.25) is 5.91 Å². The molecule has 0 bridgehead atoms. The van der Waals surface area contributed by atoms with Crippen LogP contribution in [0.15, 0.2) is 24.3 Å². The van der Waals surface area contributed by atoms with Crippen molar-refractivity contribution in [2.24, 2.45) is 5.73 Å². The Morgan fingerprint density at radius 2 is 2.17 bits per heavy atom. The zero-order valence-electron chi connectivity index (χ0n) is 11.0. The summed E-state index contributed by atoms with van der Waals surface area (Å²) in [4.78, 5) is 13.5. The van der Waals surface area contributed by atoms with Gasteiger partial charge in [0.05, 0.1) is 6.54 Å². The number of carbonyl (C=O) groups is 1. The Bertz CT molecular complexity index is 415. The lowest BCUT2D eigenvalue weighted by Gasteiger charge is -2.25. The van der Waals surface area contributed by atoms with Crippen LogP contribution >= 0.6 is 0 Å². The van der Waals surface area contributed by atoms with Crippen molar-refractivity contribution in [3.8, 4) is 0 Å². The van der Waals surface area contributed by atoms with E-state index >= 15 is 0 Å². The summed E-state index contributed by atoms with van der Waals surface area (Å²) in [7, 11) is 1.82. The molecule has 100 valence electrons. The number of carbonyl (C=O) groups excluding carboxylic acids is 1.